The van der Waals surface area contributed by atoms with Gasteiger partial charge >= 0.3 is 0 Å². The molecule has 0 amide bonds. The summed E-state index contributed by atoms with van der Waals surface area (Å²) in [6, 6.07) is 8.02. The first-order valence-electron chi connectivity index (χ1n) is 5.80. The summed E-state index contributed by atoms with van der Waals surface area (Å²) in [7, 11) is 1.88. The molecule has 1 unspecified atom stereocenters. The number of benzene rings is 1. The van der Waals surface area contributed by atoms with E-state index in [1.165, 1.54) is 0 Å². The molecule has 3 heteroatoms. The van der Waals surface area contributed by atoms with Crippen molar-refractivity contribution >= 4 is 0 Å². The van der Waals surface area contributed by atoms with E-state index in [-0.39, 0.29) is 0 Å². The summed E-state index contributed by atoms with van der Waals surface area (Å²) in [5.74, 6) is 0. The molecule has 2 rings (SSSR count). The van der Waals surface area contributed by atoms with Crippen LogP contribution in [0.4, 0.5) is 0 Å². The standard InChI is InChI=1S/C14H18N2O/c1-10-5-4-6-11(2)14(10)13(17)9-12-7-8-16(3)15-12/h4-8,13,17H,9H2,1-3H3. The van der Waals surface area contributed by atoms with Crippen molar-refractivity contribution in [2.45, 2.75) is 26.4 Å². The van der Waals surface area contributed by atoms with Crippen LogP contribution in [0.5, 0.6) is 0 Å². The van der Waals surface area contributed by atoms with E-state index in [1.54, 1.807) is 4.68 Å². The second kappa shape index (κ2) is 4.72. The molecule has 0 aliphatic rings. The predicted molar refractivity (Wildman–Crippen MR) is 67.8 cm³/mol. The maximum Gasteiger partial charge on any atom is 0.0851 e. The van der Waals surface area contributed by atoms with Gasteiger partial charge in [0.15, 0.2) is 0 Å². The lowest BCUT2D eigenvalue weighted by molar-refractivity contribution is 0.175. The van der Waals surface area contributed by atoms with Crippen LogP contribution >= 0.6 is 0 Å². The molecule has 1 aromatic heterocycles. The Morgan fingerprint density at radius 2 is 1.88 bits per heavy atom. The molecule has 0 radical (unpaired) electrons. The summed E-state index contributed by atoms with van der Waals surface area (Å²) in [4.78, 5) is 0. The van der Waals surface area contributed by atoms with E-state index >= 15 is 0 Å². The minimum absolute atomic E-state index is 0.480. The predicted octanol–water partition coefficient (Wildman–Crippen LogP) is 2.31. The number of nitrogens with zero attached hydrogens (tertiary/aromatic N) is 2. The van der Waals surface area contributed by atoms with Crippen LogP contribution < -0.4 is 0 Å². The molecule has 1 aromatic carbocycles. The summed E-state index contributed by atoms with van der Waals surface area (Å²) >= 11 is 0. The van der Waals surface area contributed by atoms with Crippen LogP contribution in [0, 0.1) is 13.8 Å². The van der Waals surface area contributed by atoms with Gasteiger partial charge < -0.3 is 5.11 Å². The van der Waals surface area contributed by atoms with Crippen LogP contribution in [0.2, 0.25) is 0 Å². The number of aryl methyl sites for hydroxylation is 3. The third kappa shape index (κ3) is 2.56. The highest BCUT2D eigenvalue weighted by molar-refractivity contribution is 5.35. The van der Waals surface area contributed by atoms with Crippen LogP contribution in [0.3, 0.4) is 0 Å². The third-order valence-corrected chi connectivity index (χ3v) is 3.05. The SMILES string of the molecule is Cc1cccc(C)c1C(O)Cc1ccn(C)n1. The van der Waals surface area contributed by atoms with Crippen LogP contribution in [-0.4, -0.2) is 14.9 Å². The molecule has 0 fully saturated rings. The smallest absolute Gasteiger partial charge is 0.0851 e. The normalized spacial score (nSPS) is 12.7. The molecule has 1 atom stereocenters. The monoisotopic (exact) mass is 230 g/mol. The highest BCUT2D eigenvalue weighted by atomic mass is 16.3. The number of rotatable bonds is 3. The zero-order valence-electron chi connectivity index (χ0n) is 10.5. The lowest BCUT2D eigenvalue weighted by Gasteiger charge is -2.15. The Morgan fingerprint density at radius 3 is 2.41 bits per heavy atom. The van der Waals surface area contributed by atoms with Gasteiger partial charge in [-0.3, -0.25) is 4.68 Å². The highest BCUT2D eigenvalue weighted by Crippen LogP contribution is 2.24. The Kier molecular flexibility index (Phi) is 3.29. The van der Waals surface area contributed by atoms with Crippen LogP contribution in [0.1, 0.15) is 28.5 Å². The second-order valence-electron chi connectivity index (χ2n) is 4.51. The van der Waals surface area contributed by atoms with Gasteiger partial charge in [-0.1, -0.05) is 18.2 Å². The van der Waals surface area contributed by atoms with Gasteiger partial charge in [-0.15, -0.1) is 0 Å². The summed E-state index contributed by atoms with van der Waals surface area (Å²) in [6.07, 6.45) is 1.98. The Labute approximate surface area is 102 Å². The first-order chi connectivity index (χ1) is 8.08. The van der Waals surface area contributed by atoms with Crippen molar-refractivity contribution in [2.75, 3.05) is 0 Å². The zero-order valence-corrected chi connectivity index (χ0v) is 10.5. The van der Waals surface area contributed by atoms with Crippen LogP contribution in [-0.2, 0) is 13.5 Å². The number of hydrogen-bond donors (Lipinski definition) is 1. The number of hydrogen-bond acceptors (Lipinski definition) is 2. The Morgan fingerprint density at radius 1 is 1.24 bits per heavy atom. The van der Waals surface area contributed by atoms with Gasteiger partial charge in [0.2, 0.25) is 0 Å². The third-order valence-electron chi connectivity index (χ3n) is 3.05. The van der Waals surface area contributed by atoms with Gasteiger partial charge in [0.25, 0.3) is 0 Å². The van der Waals surface area contributed by atoms with Gasteiger partial charge in [0.05, 0.1) is 11.8 Å². The number of aliphatic hydroxyl groups is 1. The molecular weight excluding hydrogens is 212 g/mol. The lowest BCUT2D eigenvalue weighted by Crippen LogP contribution is -2.06. The molecule has 1 heterocycles. The van der Waals surface area contributed by atoms with Gasteiger partial charge in [-0.05, 0) is 36.6 Å². The van der Waals surface area contributed by atoms with E-state index in [0.29, 0.717) is 6.42 Å². The summed E-state index contributed by atoms with van der Waals surface area (Å²) in [5, 5.41) is 14.6. The largest absolute Gasteiger partial charge is 0.388 e. The fourth-order valence-electron chi connectivity index (χ4n) is 2.23. The second-order valence-corrected chi connectivity index (χ2v) is 4.51. The van der Waals surface area contributed by atoms with Crippen LogP contribution in [0.25, 0.3) is 0 Å². The fraction of sp³-hybridized carbons (Fsp3) is 0.357. The average molecular weight is 230 g/mol. The van der Waals surface area contributed by atoms with E-state index in [2.05, 4.69) is 5.10 Å². The molecular formula is C14H18N2O. The molecule has 0 spiro atoms. The van der Waals surface area contributed by atoms with Gasteiger partial charge in [0.1, 0.15) is 0 Å². The van der Waals surface area contributed by atoms with Crippen molar-refractivity contribution in [1.82, 2.24) is 9.78 Å². The Hall–Kier alpha value is -1.61. The van der Waals surface area contributed by atoms with E-state index in [4.69, 9.17) is 0 Å². The Bertz CT molecular complexity index is 496. The first kappa shape index (κ1) is 11.9. The number of aromatic nitrogens is 2. The summed E-state index contributed by atoms with van der Waals surface area (Å²) < 4.78 is 1.76. The maximum absolute atomic E-state index is 10.3. The number of aliphatic hydroxyl groups excluding tert-OH is 1. The lowest BCUT2D eigenvalue weighted by atomic mass is 9.95. The molecule has 0 aliphatic carbocycles. The van der Waals surface area contributed by atoms with Crippen molar-refractivity contribution < 1.29 is 5.11 Å². The molecule has 1 N–H and O–H groups in total. The van der Waals surface area contributed by atoms with E-state index < -0.39 is 6.10 Å². The molecule has 0 bridgehead atoms. The quantitative estimate of drug-likeness (QED) is 0.878. The van der Waals surface area contributed by atoms with Crippen molar-refractivity contribution in [3.05, 3.63) is 52.8 Å². The minimum atomic E-state index is -0.480. The van der Waals surface area contributed by atoms with Crippen LogP contribution in [0.15, 0.2) is 30.5 Å². The Balaban J connectivity index is 2.22. The van der Waals surface area contributed by atoms with E-state index in [9.17, 15) is 5.11 Å². The first-order valence-corrected chi connectivity index (χ1v) is 5.80. The minimum Gasteiger partial charge on any atom is -0.388 e. The molecule has 2 aromatic rings. The molecule has 3 nitrogen and oxygen atoms in total. The highest BCUT2D eigenvalue weighted by Gasteiger charge is 2.14. The topological polar surface area (TPSA) is 38.0 Å². The average Bonchev–Trinajstić information content (AvgIpc) is 2.63. The molecule has 0 saturated carbocycles. The van der Waals surface area contributed by atoms with E-state index in [0.717, 1.165) is 22.4 Å². The van der Waals surface area contributed by atoms with E-state index in [1.807, 2.05) is 51.4 Å². The maximum atomic E-state index is 10.3. The van der Waals surface area contributed by atoms with Gasteiger partial charge in [-0.25, -0.2) is 0 Å². The molecule has 17 heavy (non-hydrogen) atoms. The van der Waals surface area contributed by atoms with Crippen molar-refractivity contribution in [1.29, 1.82) is 0 Å². The summed E-state index contributed by atoms with van der Waals surface area (Å²) in [6.45, 7) is 4.06. The molecule has 0 saturated heterocycles. The van der Waals surface area contributed by atoms with Crippen molar-refractivity contribution in [3.63, 3.8) is 0 Å². The van der Waals surface area contributed by atoms with Crippen molar-refractivity contribution in [3.8, 4) is 0 Å². The van der Waals surface area contributed by atoms with Crippen molar-refractivity contribution in [2.24, 2.45) is 7.05 Å². The zero-order chi connectivity index (χ0) is 12.4. The summed E-state index contributed by atoms with van der Waals surface area (Å²) in [5.41, 5.74) is 4.21. The van der Waals surface area contributed by atoms with Gasteiger partial charge in [0, 0.05) is 19.7 Å². The fourth-order valence-corrected chi connectivity index (χ4v) is 2.23. The molecule has 90 valence electrons. The van der Waals surface area contributed by atoms with Gasteiger partial charge in [-0.2, -0.15) is 5.10 Å². The molecule has 0 aliphatic heterocycles.